The minimum Gasteiger partial charge on any atom is -0.319 e. The summed E-state index contributed by atoms with van der Waals surface area (Å²) in [5.74, 6) is 0. The van der Waals surface area contributed by atoms with Crippen LogP contribution in [0.15, 0.2) is 0 Å². The highest BCUT2D eigenvalue weighted by Crippen LogP contribution is 2.12. The molecule has 0 unspecified atom stereocenters. The Morgan fingerprint density at radius 2 is 2.22 bits per heavy atom. The van der Waals surface area contributed by atoms with Crippen molar-refractivity contribution in [2.75, 3.05) is 13.7 Å². The first-order chi connectivity index (χ1) is 3.98. The van der Waals surface area contributed by atoms with Crippen LogP contribution in [0.2, 0.25) is 0 Å². The fourth-order valence-corrected chi connectivity index (χ4v) is 0.215. The van der Waals surface area contributed by atoms with Crippen LogP contribution in [-0.4, -0.2) is 24.7 Å². The van der Waals surface area contributed by atoms with Crippen molar-refractivity contribution in [2.24, 2.45) is 0 Å². The van der Waals surface area contributed by atoms with Gasteiger partial charge in [-0.15, -0.1) is 0 Å². The smallest absolute Gasteiger partial charge is 0.319 e. The third-order valence-corrected chi connectivity index (χ3v) is 0.612. The monoisotopic (exact) mass is 141 g/mol. The number of halogens is 2. The number of hydrogen-bond acceptors (Lipinski definition) is 3. The molecule has 0 aliphatic carbocycles. The highest BCUT2D eigenvalue weighted by Gasteiger charge is 2.35. The van der Waals surface area contributed by atoms with Gasteiger partial charge in [0.2, 0.25) is 0 Å². The first kappa shape index (κ1) is 8.22. The summed E-state index contributed by atoms with van der Waals surface area (Å²) in [6.07, 6.45) is -3.64. The molecule has 6 heteroatoms. The van der Waals surface area contributed by atoms with Crippen LogP contribution in [0.3, 0.4) is 0 Å². The molecular weight excluding hydrogens is 136 g/mol. The molecule has 0 rings (SSSR count). The maximum atomic E-state index is 11.7. The molecule has 0 saturated heterocycles. The molecule has 0 N–H and O–H groups in total. The Labute approximate surface area is 49.6 Å². The molecule has 0 amide bonds. The van der Waals surface area contributed by atoms with E-state index in [2.05, 4.69) is 4.74 Å². The van der Waals surface area contributed by atoms with Gasteiger partial charge in [-0.25, -0.2) is 0 Å². The van der Waals surface area contributed by atoms with Gasteiger partial charge >= 0.3 is 6.11 Å². The number of nitro groups is 1. The number of alkyl halides is 2. The summed E-state index contributed by atoms with van der Waals surface area (Å²) < 4.78 is 27.0. The third-order valence-electron chi connectivity index (χ3n) is 0.612. The summed E-state index contributed by atoms with van der Waals surface area (Å²) in [5.41, 5.74) is 0. The van der Waals surface area contributed by atoms with Crippen molar-refractivity contribution in [3.63, 3.8) is 0 Å². The summed E-state index contributed by atoms with van der Waals surface area (Å²) in [7, 11) is 0.712. The van der Waals surface area contributed by atoms with Gasteiger partial charge in [-0.1, -0.05) is 0 Å². The van der Waals surface area contributed by atoms with Gasteiger partial charge in [0.1, 0.15) is 0 Å². The highest BCUT2D eigenvalue weighted by atomic mass is 19.3. The van der Waals surface area contributed by atoms with Crippen molar-refractivity contribution in [1.29, 1.82) is 0 Å². The van der Waals surface area contributed by atoms with Gasteiger partial charge in [0.25, 0.3) is 6.54 Å². The summed E-state index contributed by atoms with van der Waals surface area (Å²) in [4.78, 5) is 8.28. The molecule has 0 atom stereocenters. The van der Waals surface area contributed by atoms with Crippen molar-refractivity contribution in [1.82, 2.24) is 0 Å². The zero-order valence-corrected chi connectivity index (χ0v) is 4.63. The van der Waals surface area contributed by atoms with Crippen LogP contribution in [0.4, 0.5) is 8.78 Å². The fourth-order valence-electron chi connectivity index (χ4n) is 0.215. The van der Waals surface area contributed by atoms with Crippen molar-refractivity contribution >= 4 is 0 Å². The molecule has 0 aromatic heterocycles. The first-order valence-electron chi connectivity index (χ1n) is 2.03. The highest BCUT2D eigenvalue weighted by molar-refractivity contribution is 4.45. The minimum atomic E-state index is -3.64. The molecule has 0 saturated carbocycles. The van der Waals surface area contributed by atoms with Gasteiger partial charge in [0.05, 0.1) is 0 Å². The van der Waals surface area contributed by atoms with Gasteiger partial charge in [0, 0.05) is 12.0 Å². The first-order valence-corrected chi connectivity index (χ1v) is 2.03. The van der Waals surface area contributed by atoms with Crippen molar-refractivity contribution in [2.45, 2.75) is 6.11 Å². The molecular formula is C3H5F2NO3. The Bertz CT molecular complexity index is 116. The van der Waals surface area contributed by atoms with Crippen LogP contribution in [0.25, 0.3) is 0 Å². The second kappa shape index (κ2) is 2.67. The number of methoxy groups -OCH3 is 1. The lowest BCUT2D eigenvalue weighted by molar-refractivity contribution is -0.526. The molecule has 0 aromatic rings. The van der Waals surface area contributed by atoms with E-state index in [-0.39, 0.29) is 0 Å². The van der Waals surface area contributed by atoms with E-state index >= 15 is 0 Å². The Balaban J connectivity index is 3.71. The van der Waals surface area contributed by atoms with E-state index in [0.29, 0.717) is 7.11 Å². The number of rotatable bonds is 3. The second-order valence-corrected chi connectivity index (χ2v) is 1.33. The summed E-state index contributed by atoms with van der Waals surface area (Å²) >= 11 is 0. The van der Waals surface area contributed by atoms with Gasteiger partial charge < -0.3 is 4.74 Å². The van der Waals surface area contributed by atoms with E-state index in [1.165, 1.54) is 0 Å². The molecule has 54 valence electrons. The topological polar surface area (TPSA) is 52.4 Å². The molecule has 0 spiro atoms. The van der Waals surface area contributed by atoms with E-state index in [1.807, 2.05) is 0 Å². The molecule has 4 nitrogen and oxygen atoms in total. The maximum absolute atomic E-state index is 11.7. The van der Waals surface area contributed by atoms with Gasteiger partial charge in [0.15, 0.2) is 0 Å². The van der Waals surface area contributed by atoms with Crippen LogP contribution in [0, 0.1) is 10.1 Å². The SMILES string of the molecule is COC(F)(F)C[N+](=O)[O-]. The average molecular weight is 141 g/mol. The van der Waals surface area contributed by atoms with Gasteiger partial charge in [-0.2, -0.15) is 8.78 Å². The van der Waals surface area contributed by atoms with Crippen LogP contribution in [-0.2, 0) is 4.74 Å². The van der Waals surface area contributed by atoms with Crippen molar-refractivity contribution in [3.8, 4) is 0 Å². The third kappa shape index (κ3) is 3.77. The second-order valence-electron chi connectivity index (χ2n) is 1.33. The van der Waals surface area contributed by atoms with Crippen molar-refractivity contribution in [3.05, 3.63) is 10.1 Å². The Kier molecular flexibility index (Phi) is 2.44. The van der Waals surface area contributed by atoms with Crippen LogP contribution in [0.5, 0.6) is 0 Å². The van der Waals surface area contributed by atoms with E-state index < -0.39 is 17.6 Å². The zero-order valence-electron chi connectivity index (χ0n) is 4.63. The summed E-state index contributed by atoms with van der Waals surface area (Å²) in [6.45, 7) is -1.48. The van der Waals surface area contributed by atoms with Gasteiger partial charge in [-0.05, 0) is 0 Å². The minimum absolute atomic E-state index is 0.712. The standard InChI is InChI=1S/C3H5F2NO3/c1-9-3(4,5)2-6(7)8/h2H2,1H3. The molecule has 9 heavy (non-hydrogen) atoms. The Morgan fingerprint density at radius 3 is 2.33 bits per heavy atom. The van der Waals surface area contributed by atoms with Crippen LogP contribution in [0.1, 0.15) is 0 Å². The fraction of sp³-hybridized carbons (Fsp3) is 1.00. The lowest BCUT2D eigenvalue weighted by Crippen LogP contribution is -2.28. The molecule has 0 heterocycles. The number of nitrogens with zero attached hydrogens (tertiary/aromatic N) is 1. The van der Waals surface area contributed by atoms with Crippen LogP contribution >= 0.6 is 0 Å². The number of hydrogen-bond donors (Lipinski definition) is 0. The molecule has 0 radical (unpaired) electrons. The molecule has 0 aliphatic rings. The van der Waals surface area contributed by atoms with E-state index in [1.54, 1.807) is 0 Å². The van der Waals surface area contributed by atoms with E-state index in [0.717, 1.165) is 0 Å². The lowest BCUT2D eigenvalue weighted by atomic mass is 10.6. The Hall–Kier alpha value is -0.780. The molecule has 0 aliphatic heterocycles. The summed E-state index contributed by atoms with van der Waals surface area (Å²) in [5, 5.41) is 9.42. The lowest BCUT2D eigenvalue weighted by Gasteiger charge is -2.06. The summed E-state index contributed by atoms with van der Waals surface area (Å²) in [6, 6.07) is 0. The van der Waals surface area contributed by atoms with E-state index in [4.69, 9.17) is 0 Å². The van der Waals surface area contributed by atoms with Crippen molar-refractivity contribution < 1.29 is 18.4 Å². The molecule has 0 fully saturated rings. The molecule has 0 aromatic carbocycles. The average Bonchev–Trinajstić information content (AvgIpc) is 1.63. The zero-order chi connectivity index (χ0) is 7.49. The van der Waals surface area contributed by atoms with E-state index in [9.17, 15) is 18.9 Å². The maximum Gasteiger partial charge on any atom is 0.420 e. The largest absolute Gasteiger partial charge is 0.420 e. The van der Waals surface area contributed by atoms with Gasteiger partial charge in [-0.3, -0.25) is 10.1 Å². The Morgan fingerprint density at radius 1 is 1.78 bits per heavy atom. The predicted octanol–water partition coefficient (Wildman–Crippen LogP) is 0.502. The predicted molar refractivity (Wildman–Crippen MR) is 23.8 cm³/mol. The quantitative estimate of drug-likeness (QED) is 0.424. The van der Waals surface area contributed by atoms with Crippen LogP contribution < -0.4 is 0 Å². The number of ether oxygens (including phenoxy) is 1. The normalized spacial score (nSPS) is 11.4. The molecule has 0 bridgehead atoms.